The maximum atomic E-state index is 13.3. The molecule has 7 heteroatoms. The van der Waals surface area contributed by atoms with E-state index in [9.17, 15) is 14.4 Å². The highest BCUT2D eigenvalue weighted by Gasteiger charge is 2.14. The molecule has 3 aromatic carbocycles. The number of rotatable bonds is 8. The van der Waals surface area contributed by atoms with Gasteiger partial charge in [-0.2, -0.15) is 0 Å². The predicted molar refractivity (Wildman–Crippen MR) is 132 cm³/mol. The molecule has 0 bridgehead atoms. The summed E-state index contributed by atoms with van der Waals surface area (Å²) in [6.45, 7) is 0.502. The number of para-hydroxylation sites is 2. The first kappa shape index (κ1) is 22.6. The molecule has 33 heavy (non-hydrogen) atoms. The number of carbonyl (C=O) groups is 1. The number of aromatic nitrogens is 2. The Bertz CT molecular complexity index is 1390. The molecule has 1 aromatic heterocycles. The Morgan fingerprint density at radius 2 is 1.52 bits per heavy atom. The lowest BCUT2D eigenvalue weighted by molar-refractivity contribution is -0.116. The molecule has 4 rings (SSSR count). The summed E-state index contributed by atoms with van der Waals surface area (Å²) in [5.41, 5.74) is 1.42. The molecule has 0 saturated heterocycles. The topological polar surface area (TPSA) is 73.1 Å². The SMILES string of the molecule is O=C(CCCCn1c(=O)c2ccccc2n(Cc2ccccc2Cl)c1=O)Nc1ccccc1. The van der Waals surface area contributed by atoms with E-state index in [-0.39, 0.29) is 30.2 Å². The number of nitrogens with one attached hydrogen (secondary N) is 1. The van der Waals surface area contributed by atoms with E-state index in [0.29, 0.717) is 35.2 Å². The van der Waals surface area contributed by atoms with Crippen LogP contribution in [0.5, 0.6) is 0 Å². The minimum absolute atomic E-state index is 0.0943. The molecule has 1 N–H and O–H groups in total. The smallest absolute Gasteiger partial charge is 0.326 e. The number of amides is 1. The van der Waals surface area contributed by atoms with Gasteiger partial charge in [-0.25, -0.2) is 4.79 Å². The predicted octanol–water partition coefficient (Wildman–Crippen LogP) is 4.67. The van der Waals surface area contributed by atoms with Crippen molar-refractivity contribution in [2.24, 2.45) is 0 Å². The Labute approximate surface area is 196 Å². The maximum absolute atomic E-state index is 13.3. The monoisotopic (exact) mass is 461 g/mol. The molecule has 1 heterocycles. The quantitative estimate of drug-likeness (QED) is 0.387. The van der Waals surface area contributed by atoms with Crippen LogP contribution in [0.25, 0.3) is 10.9 Å². The number of fused-ring (bicyclic) bond motifs is 1. The van der Waals surface area contributed by atoms with Gasteiger partial charge in [-0.3, -0.25) is 18.7 Å². The van der Waals surface area contributed by atoms with Gasteiger partial charge in [0, 0.05) is 23.7 Å². The fourth-order valence-corrected chi connectivity index (χ4v) is 4.01. The summed E-state index contributed by atoms with van der Waals surface area (Å²) in [6.07, 6.45) is 1.40. The van der Waals surface area contributed by atoms with Gasteiger partial charge in [0.2, 0.25) is 5.91 Å². The maximum Gasteiger partial charge on any atom is 0.331 e. The molecule has 168 valence electrons. The second-order valence-corrected chi connectivity index (χ2v) is 8.21. The largest absolute Gasteiger partial charge is 0.331 e. The molecule has 0 radical (unpaired) electrons. The van der Waals surface area contributed by atoms with E-state index in [1.54, 1.807) is 34.9 Å². The Balaban J connectivity index is 1.53. The van der Waals surface area contributed by atoms with Gasteiger partial charge in [-0.1, -0.05) is 60.1 Å². The molecular weight excluding hydrogens is 438 g/mol. The van der Waals surface area contributed by atoms with Crippen molar-refractivity contribution >= 4 is 34.1 Å². The van der Waals surface area contributed by atoms with Crippen LogP contribution in [0.4, 0.5) is 5.69 Å². The highest BCUT2D eigenvalue weighted by Crippen LogP contribution is 2.17. The molecule has 6 nitrogen and oxygen atoms in total. The standard InChI is InChI=1S/C26H24ClN3O3/c27-22-14-6-4-10-19(22)18-30-23-15-7-5-13-21(23)25(32)29(26(30)33)17-9-8-16-24(31)28-20-11-2-1-3-12-20/h1-7,10-15H,8-9,16-18H2,(H,28,31). The van der Waals surface area contributed by atoms with E-state index in [1.165, 1.54) is 4.57 Å². The molecule has 0 aliphatic heterocycles. The highest BCUT2D eigenvalue weighted by atomic mass is 35.5. The van der Waals surface area contributed by atoms with Crippen LogP contribution in [0, 0.1) is 0 Å². The molecule has 0 unspecified atom stereocenters. The second kappa shape index (κ2) is 10.3. The first-order valence-corrected chi connectivity index (χ1v) is 11.2. The summed E-state index contributed by atoms with van der Waals surface area (Å²) >= 11 is 6.32. The highest BCUT2D eigenvalue weighted by molar-refractivity contribution is 6.31. The van der Waals surface area contributed by atoms with E-state index >= 15 is 0 Å². The van der Waals surface area contributed by atoms with Crippen LogP contribution < -0.4 is 16.6 Å². The van der Waals surface area contributed by atoms with Gasteiger partial charge in [0.15, 0.2) is 0 Å². The number of hydrogen-bond acceptors (Lipinski definition) is 3. The Morgan fingerprint density at radius 1 is 0.818 bits per heavy atom. The molecule has 0 aliphatic carbocycles. The van der Waals surface area contributed by atoms with Gasteiger partial charge in [0.05, 0.1) is 17.4 Å². The number of unbranched alkanes of at least 4 members (excludes halogenated alkanes) is 1. The average Bonchev–Trinajstić information content (AvgIpc) is 2.83. The van der Waals surface area contributed by atoms with Crippen molar-refractivity contribution in [1.29, 1.82) is 0 Å². The van der Waals surface area contributed by atoms with E-state index in [0.717, 1.165) is 11.3 Å². The third-order valence-corrected chi connectivity index (χ3v) is 5.88. The van der Waals surface area contributed by atoms with Crippen molar-refractivity contribution in [2.75, 3.05) is 5.32 Å². The number of benzene rings is 3. The third-order valence-electron chi connectivity index (χ3n) is 5.51. The lowest BCUT2D eigenvalue weighted by atomic mass is 10.2. The lowest BCUT2D eigenvalue weighted by Crippen LogP contribution is -2.40. The third kappa shape index (κ3) is 5.23. The van der Waals surface area contributed by atoms with Crippen molar-refractivity contribution in [3.8, 4) is 0 Å². The molecule has 0 spiro atoms. The van der Waals surface area contributed by atoms with Gasteiger partial charge in [-0.15, -0.1) is 0 Å². The summed E-state index contributed by atoms with van der Waals surface area (Å²) in [6, 6.07) is 23.7. The zero-order chi connectivity index (χ0) is 23.2. The zero-order valence-electron chi connectivity index (χ0n) is 18.0. The van der Waals surface area contributed by atoms with Crippen LogP contribution in [0.15, 0.2) is 88.5 Å². The summed E-state index contributed by atoms with van der Waals surface area (Å²) in [4.78, 5) is 38.5. The average molecular weight is 462 g/mol. The zero-order valence-corrected chi connectivity index (χ0v) is 18.8. The van der Waals surface area contributed by atoms with Crippen LogP contribution in [0.1, 0.15) is 24.8 Å². The van der Waals surface area contributed by atoms with Crippen LogP contribution in [-0.4, -0.2) is 15.0 Å². The number of carbonyl (C=O) groups excluding carboxylic acids is 1. The van der Waals surface area contributed by atoms with Gasteiger partial charge in [-0.05, 0) is 48.7 Å². The van der Waals surface area contributed by atoms with Gasteiger partial charge in [0.1, 0.15) is 0 Å². The van der Waals surface area contributed by atoms with Crippen molar-refractivity contribution in [3.63, 3.8) is 0 Å². The van der Waals surface area contributed by atoms with Crippen molar-refractivity contribution in [3.05, 3.63) is 110 Å². The molecule has 0 fully saturated rings. The molecule has 0 atom stereocenters. The van der Waals surface area contributed by atoms with Crippen molar-refractivity contribution in [1.82, 2.24) is 9.13 Å². The van der Waals surface area contributed by atoms with Crippen LogP contribution in [0.3, 0.4) is 0 Å². The van der Waals surface area contributed by atoms with Gasteiger partial charge < -0.3 is 5.32 Å². The van der Waals surface area contributed by atoms with Gasteiger partial charge in [0.25, 0.3) is 5.56 Å². The summed E-state index contributed by atoms with van der Waals surface area (Å²) < 4.78 is 2.84. The second-order valence-electron chi connectivity index (χ2n) is 7.81. The molecule has 0 aliphatic rings. The van der Waals surface area contributed by atoms with E-state index < -0.39 is 0 Å². The van der Waals surface area contributed by atoms with E-state index in [2.05, 4.69) is 5.32 Å². The minimum atomic E-state index is -0.382. The fourth-order valence-electron chi connectivity index (χ4n) is 3.82. The first-order chi connectivity index (χ1) is 16.0. The Hall–Kier alpha value is -3.64. The summed E-state index contributed by atoms with van der Waals surface area (Å²) in [5, 5.41) is 3.89. The van der Waals surface area contributed by atoms with Crippen molar-refractivity contribution < 1.29 is 4.79 Å². The normalized spacial score (nSPS) is 10.9. The minimum Gasteiger partial charge on any atom is -0.326 e. The Morgan fingerprint density at radius 3 is 2.30 bits per heavy atom. The van der Waals surface area contributed by atoms with Crippen LogP contribution >= 0.6 is 11.6 Å². The first-order valence-electron chi connectivity index (χ1n) is 10.9. The molecule has 1 amide bonds. The van der Waals surface area contributed by atoms with Crippen molar-refractivity contribution in [2.45, 2.75) is 32.4 Å². The number of halogens is 1. The van der Waals surface area contributed by atoms with Crippen LogP contribution in [-0.2, 0) is 17.9 Å². The summed E-state index contributed by atoms with van der Waals surface area (Å²) in [7, 11) is 0. The van der Waals surface area contributed by atoms with E-state index in [1.807, 2.05) is 48.5 Å². The number of nitrogens with zero attached hydrogens (tertiary/aromatic N) is 2. The lowest BCUT2D eigenvalue weighted by Gasteiger charge is -2.15. The Kier molecular flexibility index (Phi) is 7.05. The van der Waals surface area contributed by atoms with E-state index in [4.69, 9.17) is 11.6 Å². The fraction of sp³-hybridized carbons (Fsp3) is 0.192. The number of anilines is 1. The van der Waals surface area contributed by atoms with Crippen LogP contribution in [0.2, 0.25) is 5.02 Å². The van der Waals surface area contributed by atoms with Gasteiger partial charge >= 0.3 is 5.69 Å². The number of hydrogen-bond donors (Lipinski definition) is 1. The molecule has 0 saturated carbocycles. The molecule has 4 aromatic rings. The molecular formula is C26H24ClN3O3. The summed E-state index contributed by atoms with van der Waals surface area (Å²) in [5.74, 6) is -0.0943.